The Kier molecular flexibility index (Phi) is 4.04. The van der Waals surface area contributed by atoms with E-state index in [1.54, 1.807) is 0 Å². The lowest BCUT2D eigenvalue weighted by molar-refractivity contribution is -0.140. The van der Waals surface area contributed by atoms with E-state index in [1.807, 2.05) is 0 Å². The first kappa shape index (κ1) is 14.3. The predicted octanol–water partition coefficient (Wildman–Crippen LogP) is 1.30. The normalized spacial score (nSPS) is 42.0. The highest BCUT2D eigenvalue weighted by atomic mass is 16.2. The molecule has 4 heteroatoms. The molecule has 0 spiro atoms. The highest BCUT2D eigenvalue weighted by Gasteiger charge is 2.50. The predicted molar refractivity (Wildman–Crippen MR) is 80.2 cm³/mol. The van der Waals surface area contributed by atoms with Gasteiger partial charge in [0.15, 0.2) is 0 Å². The van der Waals surface area contributed by atoms with E-state index in [9.17, 15) is 4.79 Å². The standard InChI is InChI=1S/C16H29N3O/c1-3-13-10-18(2)7-4-8-19(13)16(20)14-11-5-6-12(9-11)15(14)17/h11-15H,3-10,17H2,1-2H3. The summed E-state index contributed by atoms with van der Waals surface area (Å²) >= 11 is 0. The van der Waals surface area contributed by atoms with Crippen molar-refractivity contribution in [3.05, 3.63) is 0 Å². The van der Waals surface area contributed by atoms with Gasteiger partial charge in [0.25, 0.3) is 0 Å². The molecule has 2 N–H and O–H groups in total. The quantitative estimate of drug-likeness (QED) is 0.829. The van der Waals surface area contributed by atoms with Crippen LogP contribution in [-0.4, -0.2) is 54.5 Å². The molecule has 0 aromatic carbocycles. The van der Waals surface area contributed by atoms with Crippen molar-refractivity contribution < 1.29 is 4.79 Å². The summed E-state index contributed by atoms with van der Waals surface area (Å²) in [6, 6.07) is 0.501. The number of hydrogen-bond acceptors (Lipinski definition) is 3. The van der Waals surface area contributed by atoms with Crippen LogP contribution in [0, 0.1) is 17.8 Å². The summed E-state index contributed by atoms with van der Waals surface area (Å²) in [6.07, 6.45) is 5.80. The number of rotatable bonds is 2. The molecule has 4 nitrogen and oxygen atoms in total. The summed E-state index contributed by atoms with van der Waals surface area (Å²) in [5.41, 5.74) is 6.37. The van der Waals surface area contributed by atoms with E-state index in [0.717, 1.165) is 32.5 Å². The Morgan fingerprint density at radius 3 is 2.65 bits per heavy atom. The molecule has 3 fully saturated rings. The average Bonchev–Trinajstić information content (AvgIpc) is 2.95. The van der Waals surface area contributed by atoms with Crippen molar-refractivity contribution in [1.29, 1.82) is 0 Å². The van der Waals surface area contributed by atoms with Crippen molar-refractivity contribution in [2.75, 3.05) is 26.7 Å². The lowest BCUT2D eigenvalue weighted by atomic mass is 9.83. The van der Waals surface area contributed by atoms with Gasteiger partial charge in [0.05, 0.1) is 5.92 Å². The van der Waals surface area contributed by atoms with Crippen LogP contribution in [0.4, 0.5) is 0 Å². The fourth-order valence-corrected chi connectivity index (χ4v) is 4.78. The van der Waals surface area contributed by atoms with E-state index < -0.39 is 0 Å². The van der Waals surface area contributed by atoms with Crippen molar-refractivity contribution in [3.63, 3.8) is 0 Å². The van der Waals surface area contributed by atoms with Gasteiger partial charge in [-0.2, -0.15) is 0 Å². The van der Waals surface area contributed by atoms with Gasteiger partial charge in [-0.3, -0.25) is 4.79 Å². The van der Waals surface area contributed by atoms with Crippen LogP contribution in [0.15, 0.2) is 0 Å². The van der Waals surface area contributed by atoms with Gasteiger partial charge in [0, 0.05) is 25.2 Å². The molecule has 0 aromatic heterocycles. The molecule has 114 valence electrons. The molecule has 3 rings (SSSR count). The molecule has 20 heavy (non-hydrogen) atoms. The second-order valence-corrected chi connectivity index (χ2v) is 7.15. The Labute approximate surface area is 122 Å². The Morgan fingerprint density at radius 2 is 2.00 bits per heavy atom. The molecule has 5 unspecified atom stereocenters. The molecule has 0 aromatic rings. The maximum Gasteiger partial charge on any atom is 0.227 e. The van der Waals surface area contributed by atoms with Gasteiger partial charge in [0.1, 0.15) is 0 Å². The lowest BCUT2D eigenvalue weighted by Gasteiger charge is -2.36. The summed E-state index contributed by atoms with van der Waals surface area (Å²) < 4.78 is 0. The largest absolute Gasteiger partial charge is 0.338 e. The molecular weight excluding hydrogens is 250 g/mol. The molecule has 2 bridgehead atoms. The van der Waals surface area contributed by atoms with E-state index in [0.29, 0.717) is 23.8 Å². The first-order chi connectivity index (χ1) is 9.61. The number of carbonyl (C=O) groups is 1. The summed E-state index contributed by atoms with van der Waals surface area (Å²) in [6.45, 7) is 5.23. The number of likely N-dealkylation sites (N-methyl/N-ethyl adjacent to an activating group) is 1. The van der Waals surface area contributed by atoms with E-state index in [1.165, 1.54) is 19.3 Å². The topological polar surface area (TPSA) is 49.6 Å². The molecule has 1 aliphatic heterocycles. The summed E-state index contributed by atoms with van der Waals surface area (Å²) in [7, 11) is 2.17. The van der Waals surface area contributed by atoms with E-state index in [4.69, 9.17) is 5.73 Å². The number of amides is 1. The van der Waals surface area contributed by atoms with Gasteiger partial charge in [0.2, 0.25) is 5.91 Å². The van der Waals surface area contributed by atoms with Gasteiger partial charge in [-0.1, -0.05) is 6.92 Å². The van der Waals surface area contributed by atoms with E-state index >= 15 is 0 Å². The summed E-state index contributed by atoms with van der Waals surface area (Å²) in [5.74, 6) is 1.67. The second kappa shape index (κ2) is 5.64. The molecular formula is C16H29N3O. The fourth-order valence-electron chi connectivity index (χ4n) is 4.78. The minimum absolute atomic E-state index is 0.117. The molecule has 2 aliphatic carbocycles. The second-order valence-electron chi connectivity index (χ2n) is 7.15. The van der Waals surface area contributed by atoms with Crippen molar-refractivity contribution in [2.45, 2.75) is 51.1 Å². The van der Waals surface area contributed by atoms with Crippen LogP contribution in [0.25, 0.3) is 0 Å². The van der Waals surface area contributed by atoms with E-state index in [2.05, 4.69) is 23.8 Å². The third kappa shape index (κ3) is 2.37. The molecule has 0 radical (unpaired) electrons. The van der Waals surface area contributed by atoms with Crippen LogP contribution in [0.1, 0.15) is 39.0 Å². The number of carbonyl (C=O) groups excluding carboxylic acids is 1. The molecule has 2 saturated carbocycles. The van der Waals surface area contributed by atoms with Gasteiger partial charge in [-0.05, 0) is 57.5 Å². The number of nitrogens with zero attached hydrogens (tertiary/aromatic N) is 2. The fraction of sp³-hybridized carbons (Fsp3) is 0.938. The highest BCUT2D eigenvalue weighted by Crippen LogP contribution is 2.48. The van der Waals surface area contributed by atoms with Crippen LogP contribution in [0.3, 0.4) is 0 Å². The van der Waals surface area contributed by atoms with Gasteiger partial charge < -0.3 is 15.5 Å². The zero-order valence-corrected chi connectivity index (χ0v) is 12.9. The van der Waals surface area contributed by atoms with Gasteiger partial charge >= 0.3 is 0 Å². The highest BCUT2D eigenvalue weighted by molar-refractivity contribution is 5.81. The molecule has 5 atom stereocenters. The van der Waals surface area contributed by atoms with Crippen molar-refractivity contribution in [2.24, 2.45) is 23.5 Å². The Bertz CT molecular complexity index is 371. The first-order valence-corrected chi connectivity index (χ1v) is 8.36. The van der Waals surface area contributed by atoms with Crippen LogP contribution >= 0.6 is 0 Å². The minimum atomic E-state index is 0.117. The molecule has 1 amide bonds. The van der Waals surface area contributed by atoms with Gasteiger partial charge in [-0.15, -0.1) is 0 Å². The third-order valence-electron chi connectivity index (χ3n) is 5.92. The molecule has 1 saturated heterocycles. The Hall–Kier alpha value is -0.610. The van der Waals surface area contributed by atoms with Crippen LogP contribution in [-0.2, 0) is 4.79 Å². The van der Waals surface area contributed by atoms with Crippen LogP contribution in [0.5, 0.6) is 0 Å². The van der Waals surface area contributed by atoms with E-state index in [-0.39, 0.29) is 12.0 Å². The smallest absolute Gasteiger partial charge is 0.227 e. The number of nitrogens with two attached hydrogens (primary N) is 1. The monoisotopic (exact) mass is 279 g/mol. The zero-order chi connectivity index (χ0) is 14.3. The first-order valence-electron chi connectivity index (χ1n) is 8.36. The zero-order valence-electron chi connectivity index (χ0n) is 12.9. The van der Waals surface area contributed by atoms with Crippen molar-refractivity contribution in [1.82, 2.24) is 9.80 Å². The number of hydrogen-bond donors (Lipinski definition) is 1. The SMILES string of the molecule is CCC1CN(C)CCCN1C(=O)C1C2CCC(C2)C1N. The third-order valence-corrected chi connectivity index (χ3v) is 5.92. The Balaban J connectivity index is 1.75. The lowest BCUT2D eigenvalue weighted by Crippen LogP contribution is -2.51. The molecule has 1 heterocycles. The van der Waals surface area contributed by atoms with Gasteiger partial charge in [-0.25, -0.2) is 0 Å². The number of fused-ring (bicyclic) bond motifs is 2. The maximum atomic E-state index is 13.1. The minimum Gasteiger partial charge on any atom is -0.338 e. The van der Waals surface area contributed by atoms with Crippen molar-refractivity contribution in [3.8, 4) is 0 Å². The maximum absolute atomic E-state index is 13.1. The Morgan fingerprint density at radius 1 is 1.25 bits per heavy atom. The van der Waals surface area contributed by atoms with Crippen LogP contribution < -0.4 is 5.73 Å². The summed E-state index contributed by atoms with van der Waals surface area (Å²) in [5, 5.41) is 0. The molecule has 3 aliphatic rings. The van der Waals surface area contributed by atoms with Crippen molar-refractivity contribution >= 4 is 5.91 Å². The van der Waals surface area contributed by atoms with Crippen LogP contribution in [0.2, 0.25) is 0 Å². The summed E-state index contributed by atoms with van der Waals surface area (Å²) in [4.78, 5) is 17.6. The average molecular weight is 279 g/mol.